The fraction of sp³-hybridized carbons (Fsp3) is 0.357. The van der Waals surface area contributed by atoms with Gasteiger partial charge in [-0.15, -0.1) is 0 Å². The summed E-state index contributed by atoms with van der Waals surface area (Å²) in [4.78, 5) is 16.3. The van der Waals surface area contributed by atoms with Crippen molar-refractivity contribution in [2.45, 2.75) is 18.9 Å². The maximum Gasteiger partial charge on any atom is 0.158 e. The summed E-state index contributed by atoms with van der Waals surface area (Å²) >= 11 is 0. The van der Waals surface area contributed by atoms with Crippen LogP contribution in [0.1, 0.15) is 18.5 Å². The van der Waals surface area contributed by atoms with Crippen LogP contribution >= 0.6 is 0 Å². The lowest BCUT2D eigenvalue weighted by Crippen LogP contribution is -2.19. The Morgan fingerprint density at radius 2 is 2.09 bits per heavy atom. The second-order valence-corrected chi connectivity index (χ2v) is 4.83. The minimum atomic E-state index is 0.246. The molecule has 0 saturated carbocycles. The maximum absolute atomic E-state index is 8.69. The number of hydrogen-bond donors (Lipinski definition) is 2. The molecule has 2 N–H and O–H groups in total. The Balaban J connectivity index is 1.61. The Morgan fingerprint density at radius 1 is 1.18 bits per heavy atom. The van der Waals surface area contributed by atoms with E-state index in [4.69, 9.17) is 10.00 Å². The van der Waals surface area contributed by atoms with Gasteiger partial charge in [0.05, 0.1) is 18.5 Å². The Morgan fingerprint density at radius 3 is 2.82 bits per heavy atom. The first-order valence-electron chi connectivity index (χ1n) is 7.00. The third kappa shape index (κ3) is 3.65. The number of rotatable bonds is 5. The summed E-state index contributed by atoms with van der Waals surface area (Å²) in [6, 6.07) is 3.71. The van der Waals surface area contributed by atoms with Crippen LogP contribution in [0.25, 0.3) is 0 Å². The zero-order valence-corrected chi connectivity index (χ0v) is 11.9. The van der Waals surface area contributed by atoms with Crippen molar-refractivity contribution in [3.8, 4) is 6.07 Å². The summed E-state index contributed by atoms with van der Waals surface area (Å²) in [7, 11) is 0. The molecule has 0 radical (unpaired) electrons. The highest BCUT2D eigenvalue weighted by Crippen LogP contribution is 2.16. The van der Waals surface area contributed by atoms with Crippen LogP contribution in [-0.4, -0.2) is 39.2 Å². The lowest BCUT2D eigenvalue weighted by molar-refractivity contribution is 0.120. The SMILES string of the molecule is N#Cc1cnc(Nc2cc(NCC3CCCO3)ncn2)cn1. The van der Waals surface area contributed by atoms with E-state index in [-0.39, 0.29) is 11.8 Å². The molecule has 8 heteroatoms. The van der Waals surface area contributed by atoms with Gasteiger partial charge in [0.15, 0.2) is 5.69 Å². The third-order valence-corrected chi connectivity index (χ3v) is 3.22. The van der Waals surface area contributed by atoms with Crippen molar-refractivity contribution < 1.29 is 4.74 Å². The third-order valence-electron chi connectivity index (χ3n) is 3.22. The van der Waals surface area contributed by atoms with Crippen LogP contribution in [-0.2, 0) is 4.74 Å². The molecule has 1 saturated heterocycles. The molecule has 1 unspecified atom stereocenters. The zero-order valence-electron chi connectivity index (χ0n) is 11.9. The van der Waals surface area contributed by atoms with Crippen molar-refractivity contribution >= 4 is 17.5 Å². The van der Waals surface area contributed by atoms with Gasteiger partial charge in [-0.25, -0.2) is 19.9 Å². The van der Waals surface area contributed by atoms with Gasteiger partial charge >= 0.3 is 0 Å². The second kappa shape index (κ2) is 6.78. The van der Waals surface area contributed by atoms with Crippen molar-refractivity contribution in [3.63, 3.8) is 0 Å². The van der Waals surface area contributed by atoms with Crippen molar-refractivity contribution in [1.82, 2.24) is 19.9 Å². The molecule has 0 amide bonds. The fourth-order valence-electron chi connectivity index (χ4n) is 2.13. The van der Waals surface area contributed by atoms with Gasteiger partial charge in [0.2, 0.25) is 0 Å². The first-order chi connectivity index (χ1) is 10.8. The van der Waals surface area contributed by atoms with Crippen LogP contribution < -0.4 is 10.6 Å². The van der Waals surface area contributed by atoms with E-state index in [1.165, 1.54) is 18.7 Å². The molecule has 0 spiro atoms. The number of nitrogens with one attached hydrogen (secondary N) is 2. The van der Waals surface area contributed by atoms with Gasteiger partial charge in [0.25, 0.3) is 0 Å². The predicted octanol–water partition coefficient (Wildman–Crippen LogP) is 1.47. The predicted molar refractivity (Wildman–Crippen MR) is 79.5 cm³/mol. The van der Waals surface area contributed by atoms with E-state index in [9.17, 15) is 0 Å². The molecule has 1 atom stereocenters. The number of hydrogen-bond acceptors (Lipinski definition) is 8. The van der Waals surface area contributed by atoms with E-state index < -0.39 is 0 Å². The zero-order chi connectivity index (χ0) is 15.2. The van der Waals surface area contributed by atoms with Crippen LogP contribution in [0.3, 0.4) is 0 Å². The molecular weight excluding hydrogens is 282 g/mol. The molecule has 0 aromatic carbocycles. The Hall–Kier alpha value is -2.79. The number of aromatic nitrogens is 4. The quantitative estimate of drug-likeness (QED) is 0.854. The van der Waals surface area contributed by atoms with Gasteiger partial charge < -0.3 is 15.4 Å². The molecule has 1 aliphatic rings. The van der Waals surface area contributed by atoms with Gasteiger partial charge in [-0.3, -0.25) is 0 Å². The summed E-state index contributed by atoms with van der Waals surface area (Å²) in [6.45, 7) is 1.56. The maximum atomic E-state index is 8.69. The van der Waals surface area contributed by atoms with E-state index >= 15 is 0 Å². The molecule has 112 valence electrons. The highest BCUT2D eigenvalue weighted by Gasteiger charge is 2.15. The van der Waals surface area contributed by atoms with Crippen LogP contribution in [0.2, 0.25) is 0 Å². The number of nitriles is 1. The van der Waals surface area contributed by atoms with E-state index in [0.29, 0.717) is 11.6 Å². The number of ether oxygens (including phenoxy) is 1. The van der Waals surface area contributed by atoms with Crippen LogP contribution in [0.15, 0.2) is 24.8 Å². The van der Waals surface area contributed by atoms with Crippen molar-refractivity contribution in [3.05, 3.63) is 30.5 Å². The Bertz CT molecular complexity index is 662. The Kier molecular flexibility index (Phi) is 4.36. The van der Waals surface area contributed by atoms with E-state index in [1.807, 2.05) is 6.07 Å². The number of anilines is 3. The number of nitrogens with zero attached hydrogens (tertiary/aromatic N) is 5. The molecule has 3 heterocycles. The standard InChI is InChI=1S/C14H15N7O/c15-5-10-6-17-14(8-16-10)21-13-4-12(19-9-20-13)18-7-11-2-1-3-22-11/h4,6,8-9,11H,1-3,7H2,(H2,17,18,19,20,21). The lowest BCUT2D eigenvalue weighted by atomic mass is 10.2. The average Bonchev–Trinajstić information content (AvgIpc) is 3.08. The monoisotopic (exact) mass is 297 g/mol. The molecule has 2 aromatic rings. The van der Waals surface area contributed by atoms with Crippen molar-refractivity contribution in [2.24, 2.45) is 0 Å². The molecule has 0 aliphatic carbocycles. The first-order valence-corrected chi connectivity index (χ1v) is 7.00. The summed E-state index contributed by atoms with van der Waals surface area (Å²) in [5.74, 6) is 1.83. The molecule has 1 fully saturated rings. The van der Waals surface area contributed by atoms with Gasteiger partial charge in [-0.1, -0.05) is 0 Å². The average molecular weight is 297 g/mol. The summed E-state index contributed by atoms with van der Waals surface area (Å²) in [5.41, 5.74) is 0.271. The highest BCUT2D eigenvalue weighted by atomic mass is 16.5. The van der Waals surface area contributed by atoms with Gasteiger partial charge in [-0.05, 0) is 12.8 Å². The van der Waals surface area contributed by atoms with Crippen LogP contribution in [0.5, 0.6) is 0 Å². The van der Waals surface area contributed by atoms with E-state index in [0.717, 1.165) is 31.8 Å². The molecule has 1 aliphatic heterocycles. The van der Waals surface area contributed by atoms with Crippen molar-refractivity contribution in [1.29, 1.82) is 5.26 Å². The molecule has 22 heavy (non-hydrogen) atoms. The molecule has 2 aromatic heterocycles. The van der Waals surface area contributed by atoms with E-state index in [2.05, 4.69) is 30.6 Å². The summed E-state index contributed by atoms with van der Waals surface area (Å²) in [5, 5.41) is 14.9. The fourth-order valence-corrected chi connectivity index (χ4v) is 2.13. The van der Waals surface area contributed by atoms with E-state index in [1.54, 1.807) is 6.07 Å². The molecule has 3 rings (SSSR count). The van der Waals surface area contributed by atoms with Gasteiger partial charge in [-0.2, -0.15) is 5.26 Å². The topological polar surface area (TPSA) is 109 Å². The smallest absolute Gasteiger partial charge is 0.158 e. The first kappa shape index (κ1) is 14.2. The van der Waals surface area contributed by atoms with Crippen LogP contribution in [0.4, 0.5) is 17.5 Å². The minimum absolute atomic E-state index is 0.246. The molecule has 0 bridgehead atoms. The second-order valence-electron chi connectivity index (χ2n) is 4.83. The lowest BCUT2D eigenvalue weighted by Gasteiger charge is -2.11. The van der Waals surface area contributed by atoms with Gasteiger partial charge in [0.1, 0.15) is 29.9 Å². The molecular formula is C14H15N7O. The van der Waals surface area contributed by atoms with Crippen molar-refractivity contribution in [2.75, 3.05) is 23.8 Å². The summed E-state index contributed by atoms with van der Waals surface area (Å²) < 4.78 is 5.56. The normalized spacial score (nSPS) is 17.0. The largest absolute Gasteiger partial charge is 0.376 e. The summed E-state index contributed by atoms with van der Waals surface area (Å²) in [6.07, 6.45) is 6.79. The van der Waals surface area contributed by atoms with Gasteiger partial charge in [0, 0.05) is 19.2 Å². The highest BCUT2D eigenvalue weighted by molar-refractivity contribution is 5.54. The Labute approximate surface area is 127 Å². The van der Waals surface area contributed by atoms with Crippen LogP contribution in [0, 0.1) is 11.3 Å². The molecule has 8 nitrogen and oxygen atoms in total. The minimum Gasteiger partial charge on any atom is -0.376 e.